The predicted octanol–water partition coefficient (Wildman–Crippen LogP) is 4.32. The lowest BCUT2D eigenvalue weighted by Gasteiger charge is -2.29. The number of anilines is 1. The number of rotatable bonds is 4. The first-order valence-corrected chi connectivity index (χ1v) is 9.05. The summed E-state index contributed by atoms with van der Waals surface area (Å²) in [6.07, 6.45) is -0.338. The van der Waals surface area contributed by atoms with Crippen LogP contribution in [0.25, 0.3) is 5.57 Å². The van der Waals surface area contributed by atoms with Crippen molar-refractivity contribution < 1.29 is 23.5 Å². The minimum atomic E-state index is -0.808. The Labute approximate surface area is 168 Å². The fourth-order valence-corrected chi connectivity index (χ4v) is 3.00. The Morgan fingerprint density at radius 3 is 2.38 bits per heavy atom. The quantitative estimate of drug-likeness (QED) is 0.781. The van der Waals surface area contributed by atoms with Crippen molar-refractivity contribution in [1.82, 2.24) is 5.32 Å². The van der Waals surface area contributed by atoms with Crippen LogP contribution in [0.3, 0.4) is 0 Å². The minimum absolute atomic E-state index is 0.0645. The van der Waals surface area contributed by atoms with Gasteiger partial charge in [0, 0.05) is 5.57 Å². The van der Waals surface area contributed by atoms with Gasteiger partial charge in [0.1, 0.15) is 5.60 Å². The smallest absolute Gasteiger partial charge is 0.415 e. The van der Waals surface area contributed by atoms with E-state index < -0.39 is 23.5 Å². The molecule has 1 N–H and O–H groups in total. The average molecular weight is 396 g/mol. The number of hydrogen-bond acceptors (Lipinski definition) is 4. The summed E-state index contributed by atoms with van der Waals surface area (Å²) in [5.41, 5.74) is 0.393. The summed E-state index contributed by atoms with van der Waals surface area (Å²) in [5, 5.41) is 2.22. The number of ether oxygens (including phenoxy) is 1. The van der Waals surface area contributed by atoms with Gasteiger partial charge in [0.25, 0.3) is 11.8 Å². The molecular formula is C22H21FN2O4. The van der Waals surface area contributed by atoms with Gasteiger partial charge in [-0.1, -0.05) is 36.4 Å². The number of nitrogens with zero attached hydrogens (tertiary/aromatic N) is 1. The van der Waals surface area contributed by atoms with Gasteiger partial charge in [-0.2, -0.15) is 0 Å². The Kier molecular flexibility index (Phi) is 5.50. The third-order valence-electron chi connectivity index (χ3n) is 4.25. The second-order valence-electron chi connectivity index (χ2n) is 7.55. The van der Waals surface area contributed by atoms with Gasteiger partial charge in [-0.25, -0.2) is 9.18 Å². The van der Waals surface area contributed by atoms with Gasteiger partial charge in [0.15, 0.2) is 0 Å². The molecule has 0 saturated heterocycles. The zero-order valence-corrected chi connectivity index (χ0v) is 16.4. The first kappa shape index (κ1) is 20.3. The molecule has 0 radical (unpaired) electrons. The summed E-state index contributed by atoms with van der Waals surface area (Å²) >= 11 is 0. The van der Waals surface area contributed by atoms with Gasteiger partial charge in [0.05, 0.1) is 29.7 Å². The van der Waals surface area contributed by atoms with Crippen molar-refractivity contribution in [2.45, 2.75) is 26.4 Å². The molecule has 6 nitrogen and oxygen atoms in total. The van der Waals surface area contributed by atoms with Crippen LogP contribution in [-0.2, 0) is 4.74 Å². The van der Waals surface area contributed by atoms with Crippen LogP contribution >= 0.6 is 0 Å². The summed E-state index contributed by atoms with van der Waals surface area (Å²) in [4.78, 5) is 38.5. The highest BCUT2D eigenvalue weighted by Gasteiger charge is 2.34. The number of amides is 3. The summed E-state index contributed by atoms with van der Waals surface area (Å²) in [7, 11) is 0. The monoisotopic (exact) mass is 396 g/mol. The largest absolute Gasteiger partial charge is 0.443 e. The Hall–Kier alpha value is -3.48. The number of fused-ring (bicyclic) bond motifs is 1. The lowest BCUT2D eigenvalue weighted by molar-refractivity contribution is 0.0584. The first-order chi connectivity index (χ1) is 13.7. The lowest BCUT2D eigenvalue weighted by atomic mass is 10.0. The average Bonchev–Trinajstić information content (AvgIpc) is 2.96. The highest BCUT2D eigenvalue weighted by atomic mass is 19.1. The molecule has 1 aliphatic rings. The Balaban J connectivity index is 2.07. The van der Waals surface area contributed by atoms with E-state index in [1.165, 1.54) is 17.0 Å². The van der Waals surface area contributed by atoms with Crippen LogP contribution in [0.5, 0.6) is 0 Å². The molecule has 0 unspecified atom stereocenters. The molecule has 1 heterocycles. The lowest BCUT2D eigenvalue weighted by Crippen LogP contribution is -2.38. The molecule has 0 bridgehead atoms. The molecule has 0 saturated carbocycles. The number of carbonyl (C=O) groups excluding carboxylic acids is 3. The van der Waals surface area contributed by atoms with Crippen molar-refractivity contribution in [2.24, 2.45) is 0 Å². The van der Waals surface area contributed by atoms with Crippen LogP contribution in [-0.4, -0.2) is 30.1 Å². The van der Waals surface area contributed by atoms with Crippen molar-refractivity contribution in [2.75, 3.05) is 11.4 Å². The molecule has 2 aromatic carbocycles. The molecular weight excluding hydrogens is 375 g/mol. The molecule has 3 rings (SSSR count). The van der Waals surface area contributed by atoms with Crippen molar-refractivity contribution >= 4 is 29.2 Å². The third-order valence-corrected chi connectivity index (χ3v) is 4.25. The summed E-state index contributed by atoms with van der Waals surface area (Å²) in [5.74, 6) is -1.15. The van der Waals surface area contributed by atoms with Gasteiger partial charge in [-0.3, -0.25) is 19.8 Å². The number of nitrogens with one attached hydrogen (secondary N) is 1. The van der Waals surface area contributed by atoms with E-state index in [9.17, 15) is 18.8 Å². The maximum atomic E-state index is 13.8. The molecule has 0 atom stereocenters. The van der Waals surface area contributed by atoms with E-state index in [2.05, 4.69) is 5.32 Å². The van der Waals surface area contributed by atoms with E-state index in [4.69, 9.17) is 4.74 Å². The van der Waals surface area contributed by atoms with E-state index in [1.54, 1.807) is 57.2 Å². The summed E-state index contributed by atoms with van der Waals surface area (Å²) in [6.45, 7) is 4.93. The summed E-state index contributed by atoms with van der Waals surface area (Å²) < 4.78 is 19.2. The van der Waals surface area contributed by atoms with Crippen LogP contribution in [0.15, 0.2) is 54.9 Å². The zero-order valence-electron chi connectivity index (χ0n) is 16.4. The van der Waals surface area contributed by atoms with Crippen LogP contribution in [0.1, 0.15) is 47.1 Å². The van der Waals surface area contributed by atoms with E-state index >= 15 is 0 Å². The Morgan fingerprint density at radius 2 is 1.76 bits per heavy atom. The summed E-state index contributed by atoms with van der Waals surface area (Å²) in [6, 6.07) is 13.3. The Bertz CT molecular complexity index is 994. The second kappa shape index (κ2) is 7.87. The topological polar surface area (TPSA) is 75.7 Å². The van der Waals surface area contributed by atoms with Gasteiger partial charge >= 0.3 is 6.09 Å². The van der Waals surface area contributed by atoms with Crippen LogP contribution in [0.4, 0.5) is 14.9 Å². The normalized spacial score (nSPS) is 13.7. The fraction of sp³-hybridized carbons (Fsp3) is 0.227. The Morgan fingerprint density at radius 1 is 1.07 bits per heavy atom. The van der Waals surface area contributed by atoms with E-state index in [-0.39, 0.29) is 28.9 Å². The molecule has 1 aliphatic heterocycles. The highest BCUT2D eigenvalue weighted by molar-refractivity contribution is 6.24. The fourth-order valence-electron chi connectivity index (χ4n) is 3.00. The van der Waals surface area contributed by atoms with Crippen molar-refractivity contribution in [3.05, 3.63) is 71.6 Å². The molecule has 29 heavy (non-hydrogen) atoms. The number of halogens is 1. The molecule has 7 heteroatoms. The van der Waals surface area contributed by atoms with Crippen LogP contribution < -0.4 is 10.2 Å². The molecule has 3 amide bonds. The molecule has 0 fully saturated rings. The van der Waals surface area contributed by atoms with Gasteiger partial charge < -0.3 is 4.74 Å². The predicted molar refractivity (Wildman–Crippen MR) is 107 cm³/mol. The number of hydrogen-bond donors (Lipinski definition) is 1. The van der Waals surface area contributed by atoms with E-state index in [1.807, 2.05) is 0 Å². The maximum Gasteiger partial charge on any atom is 0.415 e. The van der Waals surface area contributed by atoms with E-state index in [0.717, 1.165) is 0 Å². The maximum absolute atomic E-state index is 13.8. The van der Waals surface area contributed by atoms with Gasteiger partial charge in [-0.05, 0) is 38.5 Å². The second-order valence-corrected chi connectivity index (χ2v) is 7.55. The number of imide groups is 1. The van der Waals surface area contributed by atoms with Gasteiger partial charge in [0.2, 0.25) is 0 Å². The SMILES string of the molecule is CC(C)(C)OC(=O)N(C/C(=C/F)c1ccccc1)c1cccc2c1C(=O)NC2=O. The van der Waals surface area contributed by atoms with Crippen molar-refractivity contribution in [3.8, 4) is 0 Å². The van der Waals surface area contributed by atoms with E-state index in [0.29, 0.717) is 11.9 Å². The molecule has 150 valence electrons. The molecule has 0 aliphatic carbocycles. The number of benzene rings is 2. The first-order valence-electron chi connectivity index (χ1n) is 9.05. The minimum Gasteiger partial charge on any atom is -0.443 e. The van der Waals surface area contributed by atoms with Gasteiger partial charge in [-0.15, -0.1) is 0 Å². The number of carbonyl (C=O) groups is 3. The zero-order chi connectivity index (χ0) is 21.2. The molecule has 0 spiro atoms. The molecule has 0 aromatic heterocycles. The van der Waals surface area contributed by atoms with Crippen LogP contribution in [0, 0.1) is 0 Å². The third kappa shape index (κ3) is 4.34. The van der Waals surface area contributed by atoms with Crippen molar-refractivity contribution in [3.63, 3.8) is 0 Å². The standard InChI is InChI=1S/C22H21FN2O4/c1-22(2,3)29-21(28)25(13-15(12-23)14-8-5-4-6-9-14)17-11-7-10-16-18(17)20(27)24-19(16)26/h4-12H,13H2,1-3H3,(H,24,26,27)/b15-12-. The van der Waals surface area contributed by atoms with Crippen molar-refractivity contribution in [1.29, 1.82) is 0 Å². The highest BCUT2D eigenvalue weighted by Crippen LogP contribution is 2.31. The van der Waals surface area contributed by atoms with Crippen LogP contribution in [0.2, 0.25) is 0 Å². The molecule has 2 aromatic rings.